The Kier molecular flexibility index (Phi) is 3.90. The van der Waals surface area contributed by atoms with Gasteiger partial charge in [-0.2, -0.15) is 0 Å². The Morgan fingerprint density at radius 2 is 2.09 bits per heavy atom. The molecule has 0 N–H and O–H groups in total. The van der Waals surface area contributed by atoms with Crippen LogP contribution in [0.4, 0.5) is 0 Å². The summed E-state index contributed by atoms with van der Waals surface area (Å²) in [6.45, 7) is 4.99. The van der Waals surface area contributed by atoms with E-state index < -0.39 is 0 Å². The van der Waals surface area contributed by atoms with Gasteiger partial charge in [0, 0.05) is 24.2 Å². The van der Waals surface area contributed by atoms with Crippen LogP contribution in [0.2, 0.25) is 0 Å². The van der Waals surface area contributed by atoms with Crippen molar-refractivity contribution in [3.05, 3.63) is 70.8 Å². The number of nitrogens with zero attached hydrogens (tertiary/aromatic N) is 1. The van der Waals surface area contributed by atoms with E-state index in [9.17, 15) is 4.79 Å². The molecule has 3 nitrogen and oxygen atoms in total. The van der Waals surface area contributed by atoms with E-state index in [4.69, 9.17) is 16.3 Å². The molecular weight excluding hydrogens is 298 g/mol. The predicted molar refractivity (Wildman–Crippen MR) is 88.7 cm³/mol. The van der Waals surface area contributed by atoms with E-state index in [1.54, 1.807) is 24.1 Å². The third kappa shape index (κ3) is 2.60. The lowest BCUT2D eigenvalue weighted by Crippen LogP contribution is -2.21. The van der Waals surface area contributed by atoms with Gasteiger partial charge in [-0.3, -0.25) is 4.79 Å². The van der Waals surface area contributed by atoms with Gasteiger partial charge in [0.1, 0.15) is 12.4 Å². The highest BCUT2D eigenvalue weighted by Crippen LogP contribution is 2.36. The van der Waals surface area contributed by atoms with Gasteiger partial charge in [-0.25, -0.2) is 0 Å². The number of fused-ring (bicyclic) bond motifs is 2. The maximum absolute atomic E-state index is 12.6. The fourth-order valence-electron chi connectivity index (χ4n) is 2.65. The minimum atomic E-state index is -0.0241. The van der Waals surface area contributed by atoms with Gasteiger partial charge in [0.15, 0.2) is 0 Å². The predicted octanol–water partition coefficient (Wildman–Crippen LogP) is 3.54. The van der Waals surface area contributed by atoms with E-state index >= 15 is 0 Å². The Hall–Kier alpha value is -2.26. The molecule has 4 heteroatoms. The van der Waals surface area contributed by atoms with Crippen LogP contribution in [0.5, 0.6) is 5.75 Å². The molecule has 1 amide bonds. The van der Waals surface area contributed by atoms with Crippen LogP contribution < -0.4 is 4.74 Å². The van der Waals surface area contributed by atoms with Crippen LogP contribution in [0.1, 0.15) is 5.56 Å². The second-order valence-electron chi connectivity index (χ2n) is 5.28. The van der Waals surface area contributed by atoms with Gasteiger partial charge in [-0.1, -0.05) is 36.4 Å². The van der Waals surface area contributed by atoms with Crippen LogP contribution in [0.15, 0.2) is 65.3 Å². The van der Waals surface area contributed by atoms with E-state index in [-0.39, 0.29) is 5.91 Å². The van der Waals surface area contributed by atoms with Gasteiger partial charge >= 0.3 is 0 Å². The number of amides is 1. The minimum absolute atomic E-state index is 0.0241. The Labute approximate surface area is 134 Å². The van der Waals surface area contributed by atoms with Crippen molar-refractivity contribution in [1.29, 1.82) is 0 Å². The average Bonchev–Trinajstić information content (AvgIpc) is 2.78. The topological polar surface area (TPSA) is 29.5 Å². The molecule has 0 bridgehead atoms. The molecule has 3 rings (SSSR count). The number of para-hydroxylation sites is 1. The van der Waals surface area contributed by atoms with Crippen LogP contribution >= 0.6 is 11.6 Å². The number of hydrogen-bond donors (Lipinski definition) is 0. The zero-order valence-corrected chi connectivity index (χ0v) is 13.1. The summed E-state index contributed by atoms with van der Waals surface area (Å²) >= 11 is 6.18. The number of allylic oxidation sites excluding steroid dienone is 3. The van der Waals surface area contributed by atoms with Crippen molar-refractivity contribution in [2.75, 3.05) is 20.2 Å². The van der Waals surface area contributed by atoms with Crippen molar-refractivity contribution >= 4 is 23.1 Å². The number of ether oxygens (including phenoxy) is 1. The van der Waals surface area contributed by atoms with Crippen LogP contribution in [0.25, 0.3) is 5.57 Å². The largest absolute Gasteiger partial charge is 0.489 e. The molecule has 2 aliphatic heterocycles. The molecule has 2 aliphatic rings. The van der Waals surface area contributed by atoms with Crippen molar-refractivity contribution in [1.82, 2.24) is 4.90 Å². The highest BCUT2D eigenvalue weighted by atomic mass is 35.5. The molecule has 0 saturated heterocycles. The molecule has 0 aliphatic carbocycles. The quantitative estimate of drug-likeness (QED) is 0.733. The average molecular weight is 314 g/mol. The summed E-state index contributed by atoms with van der Waals surface area (Å²) in [4.78, 5) is 14.3. The van der Waals surface area contributed by atoms with Gasteiger partial charge in [-0.15, -0.1) is 0 Å². The first-order valence-corrected chi connectivity index (χ1v) is 7.39. The van der Waals surface area contributed by atoms with Gasteiger partial charge in [0.2, 0.25) is 0 Å². The van der Waals surface area contributed by atoms with Crippen molar-refractivity contribution in [3.8, 4) is 5.75 Å². The molecule has 0 fully saturated rings. The molecule has 0 spiro atoms. The number of hydrogen-bond acceptors (Lipinski definition) is 2. The minimum Gasteiger partial charge on any atom is -0.489 e. The number of carbonyl (C=O) groups is 1. The lowest BCUT2D eigenvalue weighted by molar-refractivity contribution is -0.122. The summed E-state index contributed by atoms with van der Waals surface area (Å²) in [6.07, 6.45) is 5.41. The molecular formula is C18H16ClNO2. The van der Waals surface area contributed by atoms with Crippen molar-refractivity contribution in [2.45, 2.75) is 0 Å². The molecule has 0 aromatic heterocycles. The van der Waals surface area contributed by atoms with E-state index in [0.717, 1.165) is 16.7 Å². The first-order valence-electron chi connectivity index (χ1n) is 7.02. The molecule has 0 atom stereocenters. The summed E-state index contributed by atoms with van der Waals surface area (Å²) in [5.74, 6) is 0.665. The van der Waals surface area contributed by atoms with E-state index in [0.29, 0.717) is 29.5 Å². The van der Waals surface area contributed by atoms with E-state index in [2.05, 4.69) is 6.58 Å². The molecule has 0 radical (unpaired) electrons. The molecule has 1 aromatic carbocycles. The molecule has 0 saturated carbocycles. The van der Waals surface area contributed by atoms with Crippen molar-refractivity contribution in [2.24, 2.45) is 0 Å². The summed E-state index contributed by atoms with van der Waals surface area (Å²) in [5, 5.41) is 0.563. The lowest BCUT2D eigenvalue weighted by Gasteiger charge is -2.12. The Morgan fingerprint density at radius 1 is 1.32 bits per heavy atom. The molecule has 22 heavy (non-hydrogen) atoms. The number of carbonyl (C=O) groups excluding carboxylic acids is 1. The first-order chi connectivity index (χ1) is 10.6. The fourth-order valence-corrected chi connectivity index (χ4v) is 2.87. The van der Waals surface area contributed by atoms with Crippen LogP contribution in [0.3, 0.4) is 0 Å². The number of halogens is 1. The lowest BCUT2D eigenvalue weighted by atomic mass is 9.96. The molecule has 0 unspecified atom stereocenters. The van der Waals surface area contributed by atoms with Gasteiger partial charge in [0.25, 0.3) is 5.91 Å². The van der Waals surface area contributed by atoms with Crippen molar-refractivity contribution in [3.63, 3.8) is 0 Å². The van der Waals surface area contributed by atoms with Crippen LogP contribution in [-0.4, -0.2) is 31.0 Å². The Bertz CT molecular complexity index is 743. The normalized spacial score (nSPS) is 22.3. The second-order valence-corrected chi connectivity index (χ2v) is 5.72. The summed E-state index contributed by atoms with van der Waals surface area (Å²) in [7, 11) is 1.78. The zero-order chi connectivity index (χ0) is 15.7. The first kappa shape index (κ1) is 14.7. The maximum atomic E-state index is 12.6. The smallest absolute Gasteiger partial charge is 0.255 e. The monoisotopic (exact) mass is 313 g/mol. The fraction of sp³-hybridized carbons (Fsp3) is 0.167. The van der Waals surface area contributed by atoms with Crippen molar-refractivity contribution < 1.29 is 9.53 Å². The zero-order valence-electron chi connectivity index (χ0n) is 12.3. The Morgan fingerprint density at radius 3 is 2.91 bits per heavy atom. The number of likely N-dealkylation sites (N-methyl/N-ethyl adjacent to an activating group) is 1. The third-order valence-corrected chi connectivity index (χ3v) is 3.96. The highest BCUT2D eigenvalue weighted by Gasteiger charge is 2.31. The maximum Gasteiger partial charge on any atom is 0.255 e. The van der Waals surface area contributed by atoms with E-state index in [1.165, 1.54) is 0 Å². The molecule has 1 aromatic rings. The summed E-state index contributed by atoms with van der Waals surface area (Å²) in [6, 6.07) is 7.57. The second kappa shape index (κ2) is 5.85. The van der Waals surface area contributed by atoms with Crippen LogP contribution in [0, 0.1) is 0 Å². The number of benzene rings is 1. The number of rotatable bonds is 0. The van der Waals surface area contributed by atoms with E-state index in [1.807, 2.05) is 30.3 Å². The summed E-state index contributed by atoms with van der Waals surface area (Å²) in [5.41, 5.74) is 3.08. The molecule has 2 heterocycles. The third-order valence-electron chi connectivity index (χ3n) is 3.73. The molecule has 112 valence electrons. The highest BCUT2D eigenvalue weighted by molar-refractivity contribution is 6.31. The Balaban J connectivity index is 2.23. The van der Waals surface area contributed by atoms with Gasteiger partial charge in [0.05, 0.1) is 5.57 Å². The SMILES string of the molecule is C=C1/C=C(Cl)\C=C/COc2ccccc2C2=C1CN(C)C2=O. The van der Waals surface area contributed by atoms with Gasteiger partial charge in [-0.05, 0) is 35.4 Å². The standard InChI is InChI=1S/C18H16ClNO2/c1-12-10-13(19)6-5-9-22-16-8-4-3-7-14(16)17-15(12)11-20(2)18(17)21/h3-8,10H,1,9,11H2,2H3/b6-5-,13-10+. The van der Waals surface area contributed by atoms with Crippen LogP contribution in [-0.2, 0) is 4.79 Å². The summed E-state index contributed by atoms with van der Waals surface area (Å²) < 4.78 is 5.79. The van der Waals surface area contributed by atoms with Gasteiger partial charge < -0.3 is 9.64 Å².